The van der Waals surface area contributed by atoms with Crippen LogP contribution in [0.2, 0.25) is 0 Å². The molecule has 0 atom stereocenters. The number of imidazole rings is 2. The summed E-state index contributed by atoms with van der Waals surface area (Å²) in [6.07, 6.45) is 8.10. The number of pyridine rings is 1. The van der Waals surface area contributed by atoms with Crippen molar-refractivity contribution in [1.29, 1.82) is 0 Å². The second-order valence-corrected chi connectivity index (χ2v) is 12.3. The van der Waals surface area contributed by atoms with Gasteiger partial charge >= 0.3 is 20.1 Å². The number of aromatic nitrogens is 4. The first kappa shape index (κ1) is 31.5. The number of aryl methyl sites for hydroxylation is 1. The van der Waals surface area contributed by atoms with Gasteiger partial charge in [0.15, 0.2) is 0 Å². The molecule has 4 aromatic carbocycles. The summed E-state index contributed by atoms with van der Waals surface area (Å²) in [7, 11) is 4.04. The Hall–Kier alpha value is -4.45. The molecule has 7 heteroatoms. The van der Waals surface area contributed by atoms with Gasteiger partial charge in [-0.15, -0.1) is 35.3 Å². The molecular formula is C39H37IrN6. The van der Waals surface area contributed by atoms with Gasteiger partial charge in [0.05, 0.1) is 28.7 Å². The molecule has 3 aromatic heterocycles. The number of hydrogen-bond acceptors (Lipinski definition) is 4. The van der Waals surface area contributed by atoms with E-state index in [0.717, 1.165) is 44.4 Å². The van der Waals surface area contributed by atoms with Crippen molar-refractivity contribution in [2.45, 2.75) is 39.5 Å². The van der Waals surface area contributed by atoms with Gasteiger partial charge in [0.2, 0.25) is 0 Å². The summed E-state index contributed by atoms with van der Waals surface area (Å²) in [6, 6.07) is 31.8. The molecule has 0 saturated carbocycles. The van der Waals surface area contributed by atoms with Gasteiger partial charge in [0.25, 0.3) is 0 Å². The van der Waals surface area contributed by atoms with E-state index in [9.17, 15) is 0 Å². The first-order valence-corrected chi connectivity index (χ1v) is 15.5. The molecule has 0 amide bonds. The third kappa shape index (κ3) is 5.59. The molecule has 8 rings (SSSR count). The molecule has 1 aliphatic heterocycles. The quantitative estimate of drug-likeness (QED) is 0.132. The Morgan fingerprint density at radius 1 is 0.783 bits per heavy atom. The molecule has 0 spiro atoms. The Labute approximate surface area is 284 Å². The zero-order valence-corrected chi connectivity index (χ0v) is 29.4. The van der Waals surface area contributed by atoms with Crippen LogP contribution in [0.25, 0.3) is 49.6 Å². The molecule has 0 aliphatic carbocycles. The second-order valence-electron chi connectivity index (χ2n) is 12.3. The molecule has 4 heterocycles. The zero-order valence-electron chi connectivity index (χ0n) is 27.0. The van der Waals surface area contributed by atoms with Crippen LogP contribution in [-0.2, 0) is 27.2 Å². The van der Waals surface area contributed by atoms with Crippen LogP contribution in [0.15, 0.2) is 97.7 Å². The molecule has 0 fully saturated rings. The van der Waals surface area contributed by atoms with Crippen molar-refractivity contribution in [2.75, 3.05) is 11.9 Å². The summed E-state index contributed by atoms with van der Waals surface area (Å²) < 4.78 is 4.32. The second kappa shape index (κ2) is 12.7. The Morgan fingerprint density at radius 2 is 1.54 bits per heavy atom. The molecule has 0 unspecified atom stereocenters. The van der Waals surface area contributed by atoms with Gasteiger partial charge in [-0.05, 0) is 59.9 Å². The van der Waals surface area contributed by atoms with Crippen LogP contribution < -0.4 is 4.90 Å². The summed E-state index contributed by atoms with van der Waals surface area (Å²) in [5.74, 6) is 0.829. The molecule has 1 aliphatic rings. The maximum Gasteiger partial charge on any atom is 3.00 e. The number of hydrogen-bond donors (Lipinski definition) is 0. The normalized spacial score (nSPS) is 13.0. The molecule has 7 aromatic rings. The summed E-state index contributed by atoms with van der Waals surface area (Å²) >= 11 is 0. The van der Waals surface area contributed by atoms with E-state index in [0.29, 0.717) is 11.8 Å². The Kier molecular flexibility index (Phi) is 8.73. The maximum absolute atomic E-state index is 5.25. The summed E-state index contributed by atoms with van der Waals surface area (Å²) in [5.41, 5.74) is 10.3. The van der Waals surface area contributed by atoms with Crippen molar-refractivity contribution in [3.05, 3.63) is 128 Å². The summed E-state index contributed by atoms with van der Waals surface area (Å²) in [4.78, 5) is 13.9. The van der Waals surface area contributed by atoms with Crippen LogP contribution in [0, 0.1) is 18.8 Å². The average molecular weight is 782 g/mol. The molecular weight excluding hydrogens is 745 g/mol. The largest absolute Gasteiger partial charge is 3.00 e. The van der Waals surface area contributed by atoms with Crippen molar-refractivity contribution in [2.24, 2.45) is 7.05 Å². The van der Waals surface area contributed by atoms with Crippen LogP contribution >= 0.6 is 0 Å². The van der Waals surface area contributed by atoms with E-state index in [2.05, 4.69) is 102 Å². The van der Waals surface area contributed by atoms with E-state index in [4.69, 9.17) is 4.98 Å². The maximum atomic E-state index is 5.25. The third-order valence-corrected chi connectivity index (χ3v) is 8.55. The van der Waals surface area contributed by atoms with Crippen molar-refractivity contribution >= 4 is 44.0 Å². The van der Waals surface area contributed by atoms with E-state index in [-0.39, 0.29) is 20.1 Å². The van der Waals surface area contributed by atoms with Gasteiger partial charge in [-0.1, -0.05) is 51.3 Å². The summed E-state index contributed by atoms with van der Waals surface area (Å²) in [6.45, 7) is 11.0. The summed E-state index contributed by atoms with van der Waals surface area (Å²) in [5, 5.41) is 3.37. The molecule has 6 nitrogen and oxygen atoms in total. The molecule has 0 radical (unpaired) electrons. The monoisotopic (exact) mass is 782 g/mol. The zero-order chi connectivity index (χ0) is 31.2. The number of anilines is 1. The minimum Gasteiger partial charge on any atom is -0.510 e. The predicted octanol–water partition coefficient (Wildman–Crippen LogP) is 9.07. The standard InChI is InChI=1S/C29H27N4.C10H10N2.Ir/c1-17(2)19-11-8-12-20(18(3)4)28(19)25-15-33-26-14-27-24(30-16-32(27)5)13-23(26)21-9-6-7-10-22(21)29(33)31-25;1-11-7-8-12(9-11)10-5-3-2-4-6-10;/h6-9,11-18H,1-5H3;2-5,7-9H,1H3;/q-1;-2;+3. The van der Waals surface area contributed by atoms with Crippen molar-refractivity contribution in [3.63, 3.8) is 0 Å². The fourth-order valence-electron chi connectivity index (χ4n) is 6.27. The first-order valence-electron chi connectivity index (χ1n) is 15.5. The minimum atomic E-state index is 0. The van der Waals surface area contributed by atoms with Crippen molar-refractivity contribution < 1.29 is 20.1 Å². The molecule has 0 bridgehead atoms. The first-order chi connectivity index (χ1) is 21.8. The van der Waals surface area contributed by atoms with E-state index < -0.39 is 0 Å². The van der Waals surface area contributed by atoms with Gasteiger partial charge in [0, 0.05) is 24.3 Å². The van der Waals surface area contributed by atoms with Gasteiger partial charge in [0.1, 0.15) is 0 Å². The fraction of sp³-hybridized carbons (Fsp3) is 0.205. The number of fused-ring (bicyclic) bond motifs is 7. The Bertz CT molecular complexity index is 2170. The molecule has 0 saturated heterocycles. The van der Waals surface area contributed by atoms with E-state index in [1.165, 1.54) is 22.1 Å². The third-order valence-electron chi connectivity index (χ3n) is 8.55. The minimum absolute atomic E-state index is 0. The topological polar surface area (TPSA) is 41.6 Å². The van der Waals surface area contributed by atoms with E-state index >= 15 is 0 Å². The number of para-hydroxylation sites is 1. The van der Waals surface area contributed by atoms with E-state index in [1.54, 1.807) is 0 Å². The predicted molar refractivity (Wildman–Crippen MR) is 186 cm³/mol. The van der Waals surface area contributed by atoms with Crippen LogP contribution in [0.5, 0.6) is 0 Å². The number of rotatable bonds is 4. The Balaban J connectivity index is 0.000000241. The average Bonchev–Trinajstić information content (AvgIpc) is 3.79. The Morgan fingerprint density at radius 3 is 2.22 bits per heavy atom. The van der Waals surface area contributed by atoms with Crippen LogP contribution in [0.1, 0.15) is 50.7 Å². The van der Waals surface area contributed by atoms with Crippen molar-refractivity contribution in [3.8, 4) is 11.3 Å². The molecule has 232 valence electrons. The van der Waals surface area contributed by atoms with Gasteiger partial charge < -0.3 is 18.8 Å². The van der Waals surface area contributed by atoms with Gasteiger partial charge in [-0.3, -0.25) is 4.98 Å². The van der Waals surface area contributed by atoms with Crippen LogP contribution in [-0.4, -0.2) is 30.9 Å². The van der Waals surface area contributed by atoms with Gasteiger partial charge in [-0.25, -0.2) is 4.98 Å². The molecule has 0 N–H and O–H groups in total. The van der Waals surface area contributed by atoms with Crippen LogP contribution in [0.4, 0.5) is 5.69 Å². The molecule has 46 heavy (non-hydrogen) atoms. The van der Waals surface area contributed by atoms with E-state index in [1.807, 2.05) is 79.6 Å². The van der Waals surface area contributed by atoms with Gasteiger partial charge in [-0.2, -0.15) is 37.0 Å². The van der Waals surface area contributed by atoms with Crippen LogP contribution in [0.3, 0.4) is 0 Å². The smallest absolute Gasteiger partial charge is 0.510 e. The number of benzene rings is 4. The SMILES string of the molecule is CC(C)c1cccc(C(C)C)c1-c1cn2c3cc4c(cc3c3ccc[c-]c3c2n1)ncn4C.CN1C=CN(c2[c-]cccc2)[CH-]1.[Ir+3]. The van der Waals surface area contributed by atoms with Crippen molar-refractivity contribution in [1.82, 2.24) is 23.8 Å². The number of nitrogens with zero attached hydrogens (tertiary/aromatic N) is 6. The fourth-order valence-corrected chi connectivity index (χ4v) is 6.27.